The average molecular weight is 279 g/mol. The van der Waals surface area contributed by atoms with E-state index in [0.717, 1.165) is 31.6 Å². The number of rotatable bonds is 5. The average Bonchev–Trinajstić information content (AvgIpc) is 2.71. The number of hydrogen-bond acceptors (Lipinski definition) is 3. The number of aryl methyl sites for hydroxylation is 1. The van der Waals surface area contributed by atoms with Crippen molar-refractivity contribution in [2.45, 2.75) is 71.1 Å². The number of aliphatic hydroxyl groups is 1. The molecule has 20 heavy (non-hydrogen) atoms. The Morgan fingerprint density at radius 3 is 2.50 bits per heavy atom. The van der Waals surface area contributed by atoms with Crippen LogP contribution in [0, 0.1) is 0 Å². The Balaban J connectivity index is 2.09. The van der Waals surface area contributed by atoms with Crippen molar-refractivity contribution in [2.75, 3.05) is 13.1 Å². The Bertz CT molecular complexity index is 406. The minimum atomic E-state index is -0.480. The zero-order valence-corrected chi connectivity index (χ0v) is 13.2. The van der Waals surface area contributed by atoms with Gasteiger partial charge in [0.1, 0.15) is 0 Å². The molecule has 0 radical (unpaired) electrons. The first-order valence-corrected chi connectivity index (χ1v) is 8.01. The van der Waals surface area contributed by atoms with Gasteiger partial charge in [-0.25, -0.2) is 0 Å². The van der Waals surface area contributed by atoms with Crippen LogP contribution in [-0.4, -0.2) is 38.4 Å². The third kappa shape index (κ3) is 3.41. The molecular formula is C16H29N3O. The molecule has 1 atom stereocenters. The van der Waals surface area contributed by atoms with Gasteiger partial charge in [-0.15, -0.1) is 0 Å². The highest BCUT2D eigenvalue weighted by Crippen LogP contribution is 2.32. The first kappa shape index (κ1) is 15.5. The van der Waals surface area contributed by atoms with E-state index < -0.39 is 6.10 Å². The van der Waals surface area contributed by atoms with Gasteiger partial charge < -0.3 is 5.11 Å². The van der Waals surface area contributed by atoms with Gasteiger partial charge in [-0.1, -0.05) is 19.8 Å². The molecular weight excluding hydrogens is 250 g/mol. The normalized spacial score (nSPS) is 19.8. The van der Waals surface area contributed by atoms with Gasteiger partial charge in [0.15, 0.2) is 0 Å². The fourth-order valence-electron chi connectivity index (χ4n) is 3.10. The predicted molar refractivity (Wildman–Crippen MR) is 81.6 cm³/mol. The van der Waals surface area contributed by atoms with Crippen molar-refractivity contribution in [1.82, 2.24) is 14.7 Å². The summed E-state index contributed by atoms with van der Waals surface area (Å²) in [7, 11) is 0. The first-order valence-electron chi connectivity index (χ1n) is 8.01. The molecule has 4 heteroatoms. The van der Waals surface area contributed by atoms with Gasteiger partial charge in [0, 0.05) is 23.8 Å². The van der Waals surface area contributed by atoms with E-state index in [-0.39, 0.29) is 5.54 Å². The molecule has 0 amide bonds. The van der Waals surface area contributed by atoms with Gasteiger partial charge in [-0.05, 0) is 46.2 Å². The highest BCUT2D eigenvalue weighted by molar-refractivity contribution is 5.14. The Kier molecular flexibility index (Phi) is 5.22. The SMILES string of the molecule is CCCn1cc(C(O)C(C)(C)N2CCCCCC2)cn1. The summed E-state index contributed by atoms with van der Waals surface area (Å²) in [6.07, 6.45) is 9.51. The molecule has 1 fully saturated rings. The van der Waals surface area contributed by atoms with E-state index in [4.69, 9.17) is 0 Å². The van der Waals surface area contributed by atoms with Crippen LogP contribution in [0.3, 0.4) is 0 Å². The van der Waals surface area contributed by atoms with Crippen LogP contribution in [0.5, 0.6) is 0 Å². The highest BCUT2D eigenvalue weighted by Gasteiger charge is 2.36. The fourth-order valence-corrected chi connectivity index (χ4v) is 3.10. The van der Waals surface area contributed by atoms with Crippen molar-refractivity contribution in [3.8, 4) is 0 Å². The standard InChI is InChI=1S/C16H29N3O/c1-4-9-19-13-14(12-17-19)15(20)16(2,3)18-10-7-5-6-8-11-18/h12-13,15,20H,4-11H2,1-3H3. The third-order valence-electron chi connectivity index (χ3n) is 4.51. The summed E-state index contributed by atoms with van der Waals surface area (Å²) in [5.41, 5.74) is 0.706. The van der Waals surface area contributed by atoms with E-state index in [0.29, 0.717) is 0 Å². The van der Waals surface area contributed by atoms with Crippen LogP contribution in [0.15, 0.2) is 12.4 Å². The maximum absolute atomic E-state index is 10.8. The largest absolute Gasteiger partial charge is 0.386 e. The van der Waals surface area contributed by atoms with E-state index in [9.17, 15) is 5.11 Å². The van der Waals surface area contributed by atoms with Crippen LogP contribution in [0.25, 0.3) is 0 Å². The molecule has 4 nitrogen and oxygen atoms in total. The van der Waals surface area contributed by atoms with Gasteiger partial charge in [-0.3, -0.25) is 9.58 Å². The Hall–Kier alpha value is -0.870. The lowest BCUT2D eigenvalue weighted by Gasteiger charge is -2.41. The summed E-state index contributed by atoms with van der Waals surface area (Å²) in [4.78, 5) is 2.45. The minimum absolute atomic E-state index is 0.232. The molecule has 0 spiro atoms. The van der Waals surface area contributed by atoms with Crippen LogP contribution in [0.2, 0.25) is 0 Å². The summed E-state index contributed by atoms with van der Waals surface area (Å²) in [6.45, 7) is 9.54. The molecule has 1 aromatic heterocycles. The van der Waals surface area contributed by atoms with Crippen molar-refractivity contribution in [3.05, 3.63) is 18.0 Å². The van der Waals surface area contributed by atoms with Gasteiger partial charge in [0.2, 0.25) is 0 Å². The molecule has 0 saturated carbocycles. The van der Waals surface area contributed by atoms with Crippen molar-refractivity contribution < 1.29 is 5.11 Å². The molecule has 0 aromatic carbocycles. The molecule has 1 aliphatic rings. The molecule has 0 bridgehead atoms. The third-order valence-corrected chi connectivity index (χ3v) is 4.51. The number of likely N-dealkylation sites (tertiary alicyclic amines) is 1. The van der Waals surface area contributed by atoms with Gasteiger partial charge in [0.05, 0.1) is 12.3 Å². The van der Waals surface area contributed by atoms with Crippen LogP contribution < -0.4 is 0 Å². The van der Waals surface area contributed by atoms with Gasteiger partial charge in [0.25, 0.3) is 0 Å². The summed E-state index contributed by atoms with van der Waals surface area (Å²) in [5, 5.41) is 15.1. The predicted octanol–water partition coefficient (Wildman–Crippen LogP) is 2.98. The highest BCUT2D eigenvalue weighted by atomic mass is 16.3. The van der Waals surface area contributed by atoms with E-state index >= 15 is 0 Å². The summed E-state index contributed by atoms with van der Waals surface area (Å²) in [5.74, 6) is 0. The minimum Gasteiger partial charge on any atom is -0.386 e. The zero-order chi connectivity index (χ0) is 14.6. The second-order valence-electron chi connectivity index (χ2n) is 6.49. The van der Waals surface area contributed by atoms with E-state index in [2.05, 4.69) is 30.8 Å². The first-order chi connectivity index (χ1) is 9.55. The van der Waals surface area contributed by atoms with E-state index in [1.54, 1.807) is 0 Å². The zero-order valence-electron chi connectivity index (χ0n) is 13.2. The molecule has 1 unspecified atom stereocenters. The molecule has 1 aromatic rings. The van der Waals surface area contributed by atoms with Crippen molar-refractivity contribution in [2.24, 2.45) is 0 Å². The lowest BCUT2D eigenvalue weighted by Crippen LogP contribution is -2.48. The lowest BCUT2D eigenvalue weighted by molar-refractivity contribution is -0.0101. The number of aromatic nitrogens is 2. The van der Waals surface area contributed by atoms with Crippen LogP contribution in [0.1, 0.15) is 64.5 Å². The molecule has 114 valence electrons. The fraction of sp³-hybridized carbons (Fsp3) is 0.812. The van der Waals surface area contributed by atoms with E-state index in [1.165, 1.54) is 25.7 Å². The molecule has 1 N–H and O–H groups in total. The van der Waals surface area contributed by atoms with Gasteiger partial charge in [-0.2, -0.15) is 5.10 Å². The molecule has 2 rings (SSSR count). The second kappa shape index (κ2) is 6.72. The lowest BCUT2D eigenvalue weighted by atomic mass is 9.90. The van der Waals surface area contributed by atoms with Crippen molar-refractivity contribution in [3.63, 3.8) is 0 Å². The summed E-state index contributed by atoms with van der Waals surface area (Å²) >= 11 is 0. The van der Waals surface area contributed by atoms with Crippen molar-refractivity contribution >= 4 is 0 Å². The monoisotopic (exact) mass is 279 g/mol. The summed E-state index contributed by atoms with van der Waals surface area (Å²) in [6, 6.07) is 0. The number of nitrogens with zero attached hydrogens (tertiary/aromatic N) is 3. The Morgan fingerprint density at radius 2 is 1.90 bits per heavy atom. The van der Waals surface area contributed by atoms with Gasteiger partial charge >= 0.3 is 0 Å². The Morgan fingerprint density at radius 1 is 1.25 bits per heavy atom. The van der Waals surface area contributed by atoms with Crippen LogP contribution >= 0.6 is 0 Å². The maximum atomic E-state index is 10.8. The molecule has 1 aliphatic heterocycles. The van der Waals surface area contributed by atoms with Crippen molar-refractivity contribution in [1.29, 1.82) is 0 Å². The molecule has 1 saturated heterocycles. The van der Waals surface area contributed by atoms with Crippen LogP contribution in [-0.2, 0) is 6.54 Å². The van der Waals surface area contributed by atoms with Crippen LogP contribution in [0.4, 0.5) is 0 Å². The number of hydrogen-bond donors (Lipinski definition) is 1. The second-order valence-corrected chi connectivity index (χ2v) is 6.49. The molecule has 2 heterocycles. The summed E-state index contributed by atoms with van der Waals surface area (Å²) < 4.78 is 1.93. The maximum Gasteiger partial charge on any atom is 0.0998 e. The topological polar surface area (TPSA) is 41.3 Å². The van der Waals surface area contributed by atoms with E-state index in [1.807, 2.05) is 17.1 Å². The quantitative estimate of drug-likeness (QED) is 0.901. The number of aliphatic hydroxyl groups excluding tert-OH is 1. The smallest absolute Gasteiger partial charge is 0.0998 e. The molecule has 0 aliphatic carbocycles. The Labute approximate surface area is 122 Å².